The van der Waals surface area contributed by atoms with Crippen LogP contribution in [-0.4, -0.2) is 40.6 Å². The first kappa shape index (κ1) is 14.0. The fraction of sp³-hybridized carbons (Fsp3) is 0.357. The molecule has 21 heavy (non-hydrogen) atoms. The van der Waals surface area contributed by atoms with Gasteiger partial charge in [0.05, 0.1) is 0 Å². The lowest BCUT2D eigenvalue weighted by Crippen LogP contribution is -2.50. The zero-order valence-corrected chi connectivity index (χ0v) is 12.4. The first-order valence-electron chi connectivity index (χ1n) is 6.84. The maximum absolute atomic E-state index is 12.1. The van der Waals surface area contributed by atoms with E-state index in [1.54, 1.807) is 24.5 Å². The number of pyridine rings is 1. The molecule has 0 aliphatic carbocycles. The monoisotopic (exact) mass is 305 g/mol. The number of halogens is 1. The molecule has 1 saturated heterocycles. The van der Waals surface area contributed by atoms with Gasteiger partial charge >= 0.3 is 0 Å². The van der Waals surface area contributed by atoms with Crippen molar-refractivity contribution >= 4 is 17.4 Å². The number of H-pyrrole nitrogens is 1. The molecule has 3 heterocycles. The Hall–Kier alpha value is -1.92. The molecule has 110 valence electrons. The average molecular weight is 306 g/mol. The van der Waals surface area contributed by atoms with E-state index in [0.29, 0.717) is 11.6 Å². The molecule has 0 saturated carbocycles. The number of piperazine rings is 1. The van der Waals surface area contributed by atoms with Crippen LogP contribution >= 0.6 is 11.6 Å². The normalized spacial score (nSPS) is 18.8. The summed E-state index contributed by atoms with van der Waals surface area (Å²) in [6, 6.07) is 3.84. The zero-order chi connectivity index (χ0) is 14.8. The van der Waals surface area contributed by atoms with Crippen molar-refractivity contribution in [3.05, 3.63) is 39.9 Å². The van der Waals surface area contributed by atoms with E-state index < -0.39 is 0 Å². The highest BCUT2D eigenvalue weighted by atomic mass is 35.5. The molecule has 3 rings (SSSR count). The maximum Gasteiger partial charge on any atom is 0.272 e. The number of hydrogen-bond donors (Lipinski definition) is 2. The number of anilines is 1. The van der Waals surface area contributed by atoms with E-state index in [9.17, 15) is 4.79 Å². The van der Waals surface area contributed by atoms with E-state index >= 15 is 0 Å². The van der Waals surface area contributed by atoms with Gasteiger partial charge in [0.25, 0.3) is 5.56 Å². The molecule has 1 aliphatic heterocycles. The lowest BCUT2D eigenvalue weighted by molar-refractivity contribution is 0.497. The zero-order valence-electron chi connectivity index (χ0n) is 11.6. The number of aromatic amines is 1. The Morgan fingerprint density at radius 2 is 2.14 bits per heavy atom. The predicted octanol–water partition coefficient (Wildman–Crippen LogP) is 1.28. The maximum atomic E-state index is 12.1. The molecular weight excluding hydrogens is 290 g/mol. The summed E-state index contributed by atoms with van der Waals surface area (Å²) < 4.78 is 0. The fourth-order valence-electron chi connectivity index (χ4n) is 2.44. The Kier molecular flexibility index (Phi) is 3.90. The molecule has 0 bridgehead atoms. The van der Waals surface area contributed by atoms with Crippen LogP contribution in [0.1, 0.15) is 6.92 Å². The second-order valence-corrected chi connectivity index (χ2v) is 5.41. The first-order chi connectivity index (χ1) is 10.2. The standard InChI is InChI=1S/C14H16ClN5O/c1-9-8-17-6-7-20(9)13-11(15)14(21)19-12(18-13)10-2-4-16-5-3-10/h2-5,9,17H,6-8H2,1H3,(H,18,19,21)/t9-/m1/s1. The van der Waals surface area contributed by atoms with E-state index in [2.05, 4.69) is 32.1 Å². The number of rotatable bonds is 2. The molecular formula is C14H16ClN5O. The van der Waals surface area contributed by atoms with E-state index in [0.717, 1.165) is 25.2 Å². The van der Waals surface area contributed by atoms with Gasteiger partial charge in [-0.15, -0.1) is 0 Å². The average Bonchev–Trinajstić information content (AvgIpc) is 2.51. The third kappa shape index (κ3) is 2.77. The van der Waals surface area contributed by atoms with E-state index in [1.807, 2.05) is 0 Å². The molecule has 1 aliphatic rings. The third-order valence-electron chi connectivity index (χ3n) is 3.57. The molecule has 2 N–H and O–H groups in total. The van der Waals surface area contributed by atoms with E-state index in [-0.39, 0.29) is 16.6 Å². The van der Waals surface area contributed by atoms with Gasteiger partial charge in [-0.05, 0) is 19.1 Å². The van der Waals surface area contributed by atoms with Gasteiger partial charge < -0.3 is 15.2 Å². The third-order valence-corrected chi connectivity index (χ3v) is 3.91. The smallest absolute Gasteiger partial charge is 0.272 e. The summed E-state index contributed by atoms with van der Waals surface area (Å²) in [5.74, 6) is 1.05. The van der Waals surface area contributed by atoms with E-state index in [4.69, 9.17) is 11.6 Å². The minimum atomic E-state index is -0.320. The molecule has 2 aromatic rings. The predicted molar refractivity (Wildman–Crippen MR) is 82.8 cm³/mol. The van der Waals surface area contributed by atoms with Crippen molar-refractivity contribution in [2.24, 2.45) is 0 Å². The van der Waals surface area contributed by atoms with Gasteiger partial charge in [-0.1, -0.05) is 11.6 Å². The molecule has 0 radical (unpaired) electrons. The number of nitrogens with zero attached hydrogens (tertiary/aromatic N) is 3. The summed E-state index contributed by atoms with van der Waals surface area (Å²) in [6.07, 6.45) is 3.33. The number of aromatic nitrogens is 3. The second-order valence-electron chi connectivity index (χ2n) is 5.03. The highest BCUT2D eigenvalue weighted by Gasteiger charge is 2.23. The van der Waals surface area contributed by atoms with Crippen molar-refractivity contribution < 1.29 is 0 Å². The van der Waals surface area contributed by atoms with Crippen LogP contribution in [0, 0.1) is 0 Å². The highest BCUT2D eigenvalue weighted by Crippen LogP contribution is 2.25. The molecule has 6 nitrogen and oxygen atoms in total. The Balaban J connectivity index is 2.08. The first-order valence-corrected chi connectivity index (χ1v) is 7.22. The van der Waals surface area contributed by atoms with Crippen LogP contribution in [0.2, 0.25) is 5.02 Å². The van der Waals surface area contributed by atoms with Crippen molar-refractivity contribution in [2.45, 2.75) is 13.0 Å². The van der Waals surface area contributed by atoms with Crippen molar-refractivity contribution in [1.82, 2.24) is 20.3 Å². The summed E-state index contributed by atoms with van der Waals surface area (Å²) in [4.78, 5) is 25.4. The van der Waals surface area contributed by atoms with Crippen LogP contribution in [0.25, 0.3) is 11.4 Å². The minimum Gasteiger partial charge on any atom is -0.350 e. The van der Waals surface area contributed by atoms with Gasteiger partial charge in [-0.2, -0.15) is 0 Å². The van der Waals surface area contributed by atoms with Crippen LogP contribution < -0.4 is 15.8 Å². The summed E-state index contributed by atoms with van der Waals surface area (Å²) >= 11 is 6.17. The number of hydrogen-bond acceptors (Lipinski definition) is 5. The Labute approximate surface area is 127 Å². The SMILES string of the molecule is C[C@@H]1CNCCN1c1nc(-c2ccncc2)[nH]c(=O)c1Cl. The van der Waals surface area contributed by atoms with Crippen molar-refractivity contribution in [3.63, 3.8) is 0 Å². The molecule has 0 unspecified atom stereocenters. The fourth-order valence-corrected chi connectivity index (χ4v) is 2.64. The van der Waals surface area contributed by atoms with Crippen molar-refractivity contribution in [1.29, 1.82) is 0 Å². The quantitative estimate of drug-likeness (QED) is 0.874. The van der Waals surface area contributed by atoms with E-state index in [1.165, 1.54) is 0 Å². The highest BCUT2D eigenvalue weighted by molar-refractivity contribution is 6.32. The Bertz CT molecular complexity index is 688. The van der Waals surface area contributed by atoms with Crippen LogP contribution in [0.3, 0.4) is 0 Å². The Morgan fingerprint density at radius 1 is 1.38 bits per heavy atom. The second kappa shape index (κ2) is 5.83. The van der Waals surface area contributed by atoms with Gasteiger partial charge in [0.2, 0.25) is 0 Å². The van der Waals surface area contributed by atoms with Crippen LogP contribution in [-0.2, 0) is 0 Å². The summed E-state index contributed by atoms with van der Waals surface area (Å²) in [6.45, 7) is 4.54. The lowest BCUT2D eigenvalue weighted by atomic mass is 10.2. The van der Waals surface area contributed by atoms with Gasteiger partial charge in [0, 0.05) is 43.6 Å². The Morgan fingerprint density at radius 3 is 2.86 bits per heavy atom. The molecule has 1 fully saturated rings. The van der Waals surface area contributed by atoms with Gasteiger partial charge in [0.15, 0.2) is 5.82 Å². The van der Waals surface area contributed by atoms with Crippen LogP contribution in [0.5, 0.6) is 0 Å². The molecule has 0 spiro atoms. The molecule has 7 heteroatoms. The lowest BCUT2D eigenvalue weighted by Gasteiger charge is -2.35. The van der Waals surface area contributed by atoms with Gasteiger partial charge in [-0.25, -0.2) is 4.98 Å². The summed E-state index contributed by atoms with van der Waals surface area (Å²) in [5, 5.41) is 3.45. The summed E-state index contributed by atoms with van der Waals surface area (Å²) in [7, 11) is 0. The largest absolute Gasteiger partial charge is 0.350 e. The number of nitrogens with one attached hydrogen (secondary N) is 2. The topological polar surface area (TPSA) is 73.9 Å². The minimum absolute atomic E-state index is 0.140. The van der Waals surface area contributed by atoms with Crippen LogP contribution in [0.15, 0.2) is 29.3 Å². The van der Waals surface area contributed by atoms with Crippen molar-refractivity contribution in [3.8, 4) is 11.4 Å². The van der Waals surface area contributed by atoms with Crippen molar-refractivity contribution in [2.75, 3.05) is 24.5 Å². The van der Waals surface area contributed by atoms with Crippen LogP contribution in [0.4, 0.5) is 5.82 Å². The molecule has 0 amide bonds. The molecule has 2 aromatic heterocycles. The molecule has 0 aromatic carbocycles. The van der Waals surface area contributed by atoms with Gasteiger partial charge in [-0.3, -0.25) is 9.78 Å². The van der Waals surface area contributed by atoms with Gasteiger partial charge in [0.1, 0.15) is 10.8 Å². The molecule has 1 atom stereocenters. The summed E-state index contributed by atoms with van der Waals surface area (Å²) in [5.41, 5.74) is 0.488.